The lowest BCUT2D eigenvalue weighted by Gasteiger charge is -2.07. The average molecular weight is 295 g/mol. The van der Waals surface area contributed by atoms with Gasteiger partial charge in [-0.1, -0.05) is 42.5 Å². The van der Waals surface area contributed by atoms with Gasteiger partial charge in [0.1, 0.15) is 11.6 Å². The second-order valence-electron chi connectivity index (χ2n) is 5.05. The first-order valence-corrected chi connectivity index (χ1v) is 7.07. The van der Waals surface area contributed by atoms with E-state index in [9.17, 15) is 4.79 Å². The lowest BCUT2D eigenvalue weighted by molar-refractivity contribution is 0.414. The van der Waals surface area contributed by atoms with Crippen LogP contribution in [0.3, 0.4) is 0 Å². The van der Waals surface area contributed by atoms with Crippen LogP contribution in [0.4, 0.5) is 0 Å². The predicted molar refractivity (Wildman–Crippen MR) is 84.2 cm³/mol. The van der Waals surface area contributed by atoms with Gasteiger partial charge in [-0.25, -0.2) is 9.89 Å². The molecular formula is C17H17N3O2. The van der Waals surface area contributed by atoms with Gasteiger partial charge in [0.15, 0.2) is 0 Å². The second-order valence-corrected chi connectivity index (χ2v) is 5.05. The van der Waals surface area contributed by atoms with E-state index in [1.807, 2.05) is 54.6 Å². The number of benzene rings is 2. The normalized spacial score (nSPS) is 10.6. The summed E-state index contributed by atoms with van der Waals surface area (Å²) in [5.74, 6) is 1.51. The third-order valence-corrected chi connectivity index (χ3v) is 3.52. The van der Waals surface area contributed by atoms with E-state index in [1.54, 1.807) is 11.7 Å². The zero-order valence-corrected chi connectivity index (χ0v) is 12.3. The molecule has 0 saturated carbocycles. The van der Waals surface area contributed by atoms with Gasteiger partial charge in [-0.2, -0.15) is 5.10 Å². The van der Waals surface area contributed by atoms with Crippen LogP contribution in [0.1, 0.15) is 17.0 Å². The van der Waals surface area contributed by atoms with Crippen molar-refractivity contribution in [3.63, 3.8) is 0 Å². The first-order valence-electron chi connectivity index (χ1n) is 7.07. The van der Waals surface area contributed by atoms with Crippen molar-refractivity contribution < 1.29 is 4.74 Å². The molecule has 1 N–H and O–H groups in total. The van der Waals surface area contributed by atoms with E-state index >= 15 is 0 Å². The molecule has 22 heavy (non-hydrogen) atoms. The van der Waals surface area contributed by atoms with Gasteiger partial charge in [-0.3, -0.25) is 4.57 Å². The SMILES string of the molecule is COc1cccc(Cc2n[nH]c(=O)n2Cc2ccccc2)c1. The van der Waals surface area contributed by atoms with Crippen molar-refractivity contribution in [2.45, 2.75) is 13.0 Å². The van der Waals surface area contributed by atoms with Crippen molar-refractivity contribution in [1.29, 1.82) is 0 Å². The number of rotatable bonds is 5. The molecule has 3 rings (SSSR count). The molecule has 0 bridgehead atoms. The van der Waals surface area contributed by atoms with Crippen molar-refractivity contribution in [2.75, 3.05) is 7.11 Å². The molecule has 0 saturated heterocycles. The number of hydrogen-bond donors (Lipinski definition) is 1. The first kappa shape index (κ1) is 14.1. The van der Waals surface area contributed by atoms with Crippen molar-refractivity contribution in [2.24, 2.45) is 0 Å². The highest BCUT2D eigenvalue weighted by atomic mass is 16.5. The highest BCUT2D eigenvalue weighted by molar-refractivity contribution is 5.30. The predicted octanol–water partition coefficient (Wildman–Crippen LogP) is 2.22. The van der Waals surface area contributed by atoms with Crippen LogP contribution in [0.5, 0.6) is 5.75 Å². The summed E-state index contributed by atoms with van der Waals surface area (Å²) in [6.45, 7) is 0.509. The number of aromatic nitrogens is 3. The summed E-state index contributed by atoms with van der Waals surface area (Å²) in [5.41, 5.74) is 1.92. The van der Waals surface area contributed by atoms with Gasteiger partial charge >= 0.3 is 5.69 Å². The number of methoxy groups -OCH3 is 1. The fraction of sp³-hybridized carbons (Fsp3) is 0.176. The molecular weight excluding hydrogens is 278 g/mol. The van der Waals surface area contributed by atoms with E-state index in [-0.39, 0.29) is 5.69 Å². The molecule has 3 aromatic rings. The van der Waals surface area contributed by atoms with Crippen LogP contribution in [-0.2, 0) is 13.0 Å². The van der Waals surface area contributed by atoms with Crippen LogP contribution in [0.25, 0.3) is 0 Å². The molecule has 0 aliphatic rings. The minimum absolute atomic E-state index is 0.193. The number of aromatic amines is 1. The minimum atomic E-state index is -0.193. The van der Waals surface area contributed by atoms with Crippen LogP contribution in [0, 0.1) is 0 Å². The summed E-state index contributed by atoms with van der Waals surface area (Å²) in [4.78, 5) is 12.0. The van der Waals surface area contributed by atoms with Crippen LogP contribution < -0.4 is 10.4 Å². The quantitative estimate of drug-likeness (QED) is 0.785. The zero-order valence-electron chi connectivity index (χ0n) is 12.3. The highest BCUT2D eigenvalue weighted by Gasteiger charge is 2.10. The topological polar surface area (TPSA) is 59.9 Å². The number of ether oxygens (including phenoxy) is 1. The minimum Gasteiger partial charge on any atom is -0.497 e. The summed E-state index contributed by atoms with van der Waals surface area (Å²) in [5, 5.41) is 6.68. The maximum absolute atomic E-state index is 12.0. The summed E-state index contributed by atoms with van der Waals surface area (Å²) >= 11 is 0. The molecule has 5 heteroatoms. The van der Waals surface area contributed by atoms with Gasteiger partial charge in [0.25, 0.3) is 0 Å². The van der Waals surface area contributed by atoms with Gasteiger partial charge in [0.05, 0.1) is 13.7 Å². The Balaban J connectivity index is 1.87. The van der Waals surface area contributed by atoms with Crippen molar-refractivity contribution >= 4 is 0 Å². The van der Waals surface area contributed by atoms with E-state index < -0.39 is 0 Å². The zero-order chi connectivity index (χ0) is 15.4. The summed E-state index contributed by atoms with van der Waals surface area (Å²) in [6, 6.07) is 17.6. The van der Waals surface area contributed by atoms with Crippen molar-refractivity contribution in [3.8, 4) is 5.75 Å². The van der Waals surface area contributed by atoms with E-state index in [2.05, 4.69) is 10.2 Å². The largest absolute Gasteiger partial charge is 0.497 e. The molecule has 1 heterocycles. The molecule has 0 atom stereocenters. The van der Waals surface area contributed by atoms with Crippen LogP contribution in [0.2, 0.25) is 0 Å². The molecule has 0 aliphatic heterocycles. The monoisotopic (exact) mass is 295 g/mol. The van der Waals surface area contributed by atoms with Gasteiger partial charge < -0.3 is 4.74 Å². The maximum Gasteiger partial charge on any atom is 0.343 e. The number of hydrogen-bond acceptors (Lipinski definition) is 3. The van der Waals surface area contributed by atoms with Gasteiger partial charge in [-0.15, -0.1) is 0 Å². The van der Waals surface area contributed by atoms with Crippen molar-refractivity contribution in [3.05, 3.63) is 82.0 Å². The summed E-state index contributed by atoms with van der Waals surface area (Å²) in [7, 11) is 1.64. The van der Waals surface area contributed by atoms with E-state index in [1.165, 1.54) is 0 Å². The number of nitrogens with zero attached hydrogens (tertiary/aromatic N) is 2. The smallest absolute Gasteiger partial charge is 0.343 e. The molecule has 5 nitrogen and oxygen atoms in total. The summed E-state index contributed by atoms with van der Waals surface area (Å²) < 4.78 is 6.89. The van der Waals surface area contributed by atoms with Crippen LogP contribution in [0.15, 0.2) is 59.4 Å². The Kier molecular flexibility index (Phi) is 4.05. The van der Waals surface area contributed by atoms with E-state index in [4.69, 9.17) is 4.74 Å². The van der Waals surface area contributed by atoms with Gasteiger partial charge in [0, 0.05) is 6.42 Å². The van der Waals surface area contributed by atoms with Gasteiger partial charge in [0.2, 0.25) is 0 Å². The molecule has 0 unspecified atom stereocenters. The fourth-order valence-corrected chi connectivity index (χ4v) is 2.38. The van der Waals surface area contributed by atoms with Crippen LogP contribution in [-0.4, -0.2) is 21.9 Å². The Bertz CT molecular complexity index is 806. The Morgan fingerprint density at radius 3 is 2.64 bits per heavy atom. The number of nitrogens with one attached hydrogen (secondary N) is 1. The standard InChI is InChI=1S/C17H17N3O2/c1-22-15-9-5-8-14(10-15)11-16-18-19-17(21)20(16)12-13-6-3-2-4-7-13/h2-10H,11-12H2,1H3,(H,19,21). The molecule has 0 amide bonds. The third-order valence-electron chi connectivity index (χ3n) is 3.52. The van der Waals surface area contributed by atoms with Crippen molar-refractivity contribution in [1.82, 2.24) is 14.8 Å². The Morgan fingerprint density at radius 1 is 1.09 bits per heavy atom. The maximum atomic E-state index is 12.0. The van der Waals surface area contributed by atoms with Crippen LogP contribution >= 0.6 is 0 Å². The number of H-pyrrole nitrogens is 1. The first-order chi connectivity index (χ1) is 10.8. The molecule has 0 aliphatic carbocycles. The Morgan fingerprint density at radius 2 is 1.86 bits per heavy atom. The Hall–Kier alpha value is -2.82. The molecule has 112 valence electrons. The molecule has 0 fully saturated rings. The molecule has 0 spiro atoms. The highest BCUT2D eigenvalue weighted by Crippen LogP contribution is 2.15. The molecule has 1 aromatic heterocycles. The summed E-state index contributed by atoms with van der Waals surface area (Å²) in [6.07, 6.45) is 0.572. The molecule has 0 radical (unpaired) electrons. The fourth-order valence-electron chi connectivity index (χ4n) is 2.38. The Labute approximate surface area is 128 Å². The van der Waals surface area contributed by atoms with E-state index in [0.29, 0.717) is 18.8 Å². The average Bonchev–Trinajstić information content (AvgIpc) is 2.89. The van der Waals surface area contributed by atoms with Gasteiger partial charge in [-0.05, 0) is 23.3 Å². The lowest BCUT2D eigenvalue weighted by atomic mass is 10.1. The lowest BCUT2D eigenvalue weighted by Crippen LogP contribution is -2.19. The third kappa shape index (κ3) is 3.09. The second kappa shape index (κ2) is 6.30. The van der Waals surface area contributed by atoms with E-state index in [0.717, 1.165) is 16.9 Å². The molecule has 2 aromatic carbocycles.